The minimum absolute atomic E-state index is 0.0273. The minimum Gasteiger partial charge on any atom is -0.383 e. The molecule has 0 saturated carbocycles. The predicted molar refractivity (Wildman–Crippen MR) is 82.8 cm³/mol. The maximum Gasteiger partial charge on any atom is 0.267 e. The minimum atomic E-state index is 0.0273. The second kappa shape index (κ2) is 7.82. The number of hydrogen-bond donors (Lipinski definition) is 1. The van der Waals surface area contributed by atoms with Gasteiger partial charge in [-0.15, -0.1) is 5.10 Å². The fourth-order valence-electron chi connectivity index (χ4n) is 2.52. The number of amides is 1. The summed E-state index contributed by atoms with van der Waals surface area (Å²) < 4.78 is 9.10. The molecule has 1 atom stereocenters. The number of hydrogen-bond acceptors (Lipinski definition) is 6. The molecule has 1 amide bonds. The normalized spacial score (nSPS) is 18.4. The van der Waals surface area contributed by atoms with Crippen molar-refractivity contribution in [3.05, 3.63) is 10.6 Å². The van der Waals surface area contributed by atoms with Crippen molar-refractivity contribution in [1.82, 2.24) is 19.8 Å². The monoisotopic (exact) mass is 312 g/mol. The van der Waals surface area contributed by atoms with Gasteiger partial charge in [-0.05, 0) is 36.8 Å². The first-order chi connectivity index (χ1) is 10.1. The summed E-state index contributed by atoms with van der Waals surface area (Å²) in [6.45, 7) is 6.97. The Kier molecular flexibility index (Phi) is 6.08. The summed E-state index contributed by atoms with van der Waals surface area (Å²) in [5, 5.41) is 7.54. The highest BCUT2D eigenvalue weighted by Crippen LogP contribution is 2.22. The maximum atomic E-state index is 12.8. The average molecular weight is 312 g/mol. The molecule has 0 aliphatic carbocycles. The summed E-state index contributed by atoms with van der Waals surface area (Å²) in [5.74, 6) is 0.232. The molecule has 0 aromatic carbocycles. The Bertz CT molecular complexity index is 458. The first-order valence-electron chi connectivity index (χ1n) is 7.47. The molecule has 21 heavy (non-hydrogen) atoms. The third kappa shape index (κ3) is 4.21. The van der Waals surface area contributed by atoms with Gasteiger partial charge in [-0.3, -0.25) is 4.79 Å². The van der Waals surface area contributed by atoms with E-state index in [1.807, 2.05) is 18.7 Å². The van der Waals surface area contributed by atoms with Crippen molar-refractivity contribution in [2.24, 2.45) is 0 Å². The maximum absolute atomic E-state index is 12.8. The summed E-state index contributed by atoms with van der Waals surface area (Å²) >= 11 is 1.19. The van der Waals surface area contributed by atoms with Crippen molar-refractivity contribution in [2.45, 2.75) is 38.6 Å². The van der Waals surface area contributed by atoms with Crippen LogP contribution in [0.1, 0.15) is 48.0 Å². The van der Waals surface area contributed by atoms with Gasteiger partial charge in [-0.1, -0.05) is 18.3 Å². The molecule has 1 aromatic heterocycles. The predicted octanol–water partition coefficient (Wildman–Crippen LogP) is 1.50. The summed E-state index contributed by atoms with van der Waals surface area (Å²) in [4.78, 5) is 15.3. The van der Waals surface area contributed by atoms with Gasteiger partial charge in [0.25, 0.3) is 5.91 Å². The smallest absolute Gasteiger partial charge is 0.267 e. The van der Waals surface area contributed by atoms with E-state index < -0.39 is 0 Å². The van der Waals surface area contributed by atoms with E-state index in [4.69, 9.17) is 4.74 Å². The van der Waals surface area contributed by atoms with E-state index in [1.54, 1.807) is 7.11 Å². The Balaban J connectivity index is 2.10. The van der Waals surface area contributed by atoms with E-state index in [2.05, 4.69) is 14.9 Å². The van der Waals surface area contributed by atoms with Crippen LogP contribution < -0.4 is 5.32 Å². The Morgan fingerprint density at radius 1 is 1.57 bits per heavy atom. The van der Waals surface area contributed by atoms with E-state index in [-0.39, 0.29) is 11.8 Å². The first-order valence-corrected chi connectivity index (χ1v) is 8.24. The number of methoxy groups -OCH3 is 1. The number of carbonyl (C=O) groups excluding carboxylic acids is 1. The van der Waals surface area contributed by atoms with E-state index >= 15 is 0 Å². The van der Waals surface area contributed by atoms with Crippen molar-refractivity contribution in [3.63, 3.8) is 0 Å². The lowest BCUT2D eigenvalue weighted by molar-refractivity contribution is 0.0682. The highest BCUT2D eigenvalue weighted by molar-refractivity contribution is 7.08. The third-order valence-electron chi connectivity index (χ3n) is 3.71. The molecule has 7 heteroatoms. The number of ether oxygens (including phenoxy) is 1. The zero-order valence-electron chi connectivity index (χ0n) is 13.0. The molecule has 0 radical (unpaired) electrons. The van der Waals surface area contributed by atoms with E-state index in [0.29, 0.717) is 24.1 Å². The largest absolute Gasteiger partial charge is 0.383 e. The molecule has 0 spiro atoms. The molecule has 1 aliphatic heterocycles. The highest BCUT2D eigenvalue weighted by atomic mass is 32.1. The molecule has 0 bridgehead atoms. The average Bonchev–Trinajstić information content (AvgIpc) is 3.13. The zero-order chi connectivity index (χ0) is 15.2. The van der Waals surface area contributed by atoms with Gasteiger partial charge >= 0.3 is 0 Å². The topological polar surface area (TPSA) is 67.3 Å². The Labute approximate surface area is 130 Å². The van der Waals surface area contributed by atoms with Crippen molar-refractivity contribution >= 4 is 17.4 Å². The summed E-state index contributed by atoms with van der Waals surface area (Å²) in [5.41, 5.74) is 0.798. The molecule has 1 aliphatic rings. The van der Waals surface area contributed by atoms with E-state index in [1.165, 1.54) is 18.0 Å². The highest BCUT2D eigenvalue weighted by Gasteiger charge is 2.26. The molecule has 1 fully saturated rings. The number of carbonyl (C=O) groups is 1. The lowest BCUT2D eigenvalue weighted by Gasteiger charge is -2.25. The van der Waals surface area contributed by atoms with Crippen LogP contribution in [-0.2, 0) is 4.74 Å². The summed E-state index contributed by atoms with van der Waals surface area (Å²) in [7, 11) is 1.66. The molecule has 2 heterocycles. The summed E-state index contributed by atoms with van der Waals surface area (Å²) in [6, 6.07) is 0.384. The van der Waals surface area contributed by atoms with Gasteiger partial charge in [0, 0.05) is 26.2 Å². The van der Waals surface area contributed by atoms with Crippen molar-refractivity contribution < 1.29 is 9.53 Å². The van der Waals surface area contributed by atoms with Crippen molar-refractivity contribution in [1.29, 1.82) is 0 Å². The van der Waals surface area contributed by atoms with Crippen LogP contribution in [0.4, 0.5) is 0 Å². The Morgan fingerprint density at radius 2 is 2.38 bits per heavy atom. The van der Waals surface area contributed by atoms with Crippen LogP contribution in [0.25, 0.3) is 0 Å². The van der Waals surface area contributed by atoms with Gasteiger partial charge in [-0.2, -0.15) is 0 Å². The molecule has 1 aromatic rings. The first kappa shape index (κ1) is 16.3. The lowest BCUT2D eigenvalue weighted by Crippen LogP contribution is -2.42. The molecule has 6 nitrogen and oxygen atoms in total. The van der Waals surface area contributed by atoms with Crippen LogP contribution in [-0.4, -0.2) is 59.8 Å². The Morgan fingerprint density at radius 3 is 3.00 bits per heavy atom. The number of nitrogens with zero attached hydrogens (tertiary/aromatic N) is 3. The van der Waals surface area contributed by atoms with E-state index in [0.717, 1.165) is 25.2 Å². The van der Waals surface area contributed by atoms with Gasteiger partial charge in [0.1, 0.15) is 4.88 Å². The molecule has 1 unspecified atom stereocenters. The third-order valence-corrected chi connectivity index (χ3v) is 4.44. The van der Waals surface area contributed by atoms with Crippen LogP contribution >= 0.6 is 11.5 Å². The zero-order valence-corrected chi connectivity index (χ0v) is 13.8. The van der Waals surface area contributed by atoms with Crippen LogP contribution in [0.15, 0.2) is 0 Å². The standard InChI is InChI=1S/C14H24N4O2S/c1-10(2)12-13(21-17-16-12)14(19)18(7-8-20-3)9-11-5-4-6-15-11/h10-11,15H,4-9H2,1-3H3. The van der Waals surface area contributed by atoms with Gasteiger partial charge < -0.3 is 15.0 Å². The Hall–Kier alpha value is -1.05. The van der Waals surface area contributed by atoms with Gasteiger partial charge in [0.15, 0.2) is 0 Å². The molecule has 1 N–H and O–H groups in total. The molecular formula is C14H24N4O2S. The second-order valence-electron chi connectivity index (χ2n) is 5.68. The van der Waals surface area contributed by atoms with Crippen molar-refractivity contribution in [2.75, 3.05) is 33.4 Å². The van der Waals surface area contributed by atoms with Crippen LogP contribution in [0.2, 0.25) is 0 Å². The second-order valence-corrected chi connectivity index (χ2v) is 6.43. The van der Waals surface area contributed by atoms with Crippen molar-refractivity contribution in [3.8, 4) is 0 Å². The lowest BCUT2D eigenvalue weighted by atomic mass is 10.1. The van der Waals surface area contributed by atoms with E-state index in [9.17, 15) is 4.79 Å². The van der Waals surface area contributed by atoms with Gasteiger partial charge in [-0.25, -0.2) is 0 Å². The number of aromatic nitrogens is 2. The SMILES string of the molecule is COCCN(CC1CCCN1)C(=O)c1snnc1C(C)C. The number of nitrogens with one attached hydrogen (secondary N) is 1. The molecule has 118 valence electrons. The van der Waals surface area contributed by atoms with Crippen LogP contribution in [0, 0.1) is 0 Å². The quantitative estimate of drug-likeness (QED) is 0.826. The molecular weight excluding hydrogens is 288 g/mol. The van der Waals surface area contributed by atoms with Gasteiger partial charge in [0.05, 0.1) is 12.3 Å². The fourth-order valence-corrected chi connectivity index (χ4v) is 3.31. The van der Waals surface area contributed by atoms with Crippen LogP contribution in [0.3, 0.4) is 0 Å². The number of rotatable bonds is 7. The molecule has 1 saturated heterocycles. The van der Waals surface area contributed by atoms with Crippen LogP contribution in [0.5, 0.6) is 0 Å². The van der Waals surface area contributed by atoms with Gasteiger partial charge in [0.2, 0.25) is 0 Å². The summed E-state index contributed by atoms with van der Waals surface area (Å²) in [6.07, 6.45) is 2.30. The fraction of sp³-hybridized carbons (Fsp3) is 0.786. The molecule has 2 rings (SSSR count).